The van der Waals surface area contributed by atoms with E-state index in [4.69, 9.17) is 15.1 Å². The van der Waals surface area contributed by atoms with Crippen LogP contribution in [0, 0.1) is 6.92 Å². The third kappa shape index (κ3) is 3.74. The van der Waals surface area contributed by atoms with Crippen LogP contribution >= 0.6 is 0 Å². The van der Waals surface area contributed by atoms with Crippen molar-refractivity contribution < 1.29 is 0 Å². The predicted molar refractivity (Wildman–Crippen MR) is 114 cm³/mol. The van der Waals surface area contributed by atoms with E-state index in [9.17, 15) is 0 Å². The van der Waals surface area contributed by atoms with Gasteiger partial charge in [0.15, 0.2) is 5.65 Å². The van der Waals surface area contributed by atoms with Gasteiger partial charge in [-0.15, -0.1) is 0 Å². The molecule has 0 bridgehead atoms. The van der Waals surface area contributed by atoms with Crippen LogP contribution in [0.1, 0.15) is 44.1 Å². The normalized spacial score (nSPS) is 16.0. The molecular weight excluding hydrogens is 348 g/mol. The van der Waals surface area contributed by atoms with E-state index in [0.717, 1.165) is 68.2 Å². The number of nitrogens with zero attached hydrogens (tertiary/aromatic N) is 6. The molecule has 3 heterocycles. The Kier molecular flexibility index (Phi) is 5.57. The molecule has 4 rings (SSSR count). The number of aromatic nitrogens is 4. The van der Waals surface area contributed by atoms with Crippen LogP contribution in [-0.4, -0.2) is 50.8 Å². The number of hydrogen-bond acceptors (Lipinski definition) is 5. The number of piperidine rings is 1. The van der Waals surface area contributed by atoms with Gasteiger partial charge < -0.3 is 4.90 Å². The van der Waals surface area contributed by atoms with Crippen LogP contribution < -0.4 is 4.90 Å². The van der Waals surface area contributed by atoms with Crippen LogP contribution in [0.25, 0.3) is 11.0 Å². The van der Waals surface area contributed by atoms with E-state index in [1.54, 1.807) is 0 Å². The lowest BCUT2D eigenvalue weighted by atomic mass is 10.0. The van der Waals surface area contributed by atoms with Crippen molar-refractivity contribution in [1.82, 2.24) is 24.6 Å². The number of rotatable bonds is 6. The van der Waals surface area contributed by atoms with Gasteiger partial charge in [0.2, 0.25) is 0 Å². The third-order valence-corrected chi connectivity index (χ3v) is 5.76. The summed E-state index contributed by atoms with van der Waals surface area (Å²) in [5.41, 5.74) is 2.37. The highest BCUT2D eigenvalue weighted by Crippen LogP contribution is 2.29. The minimum atomic E-state index is 0.406. The van der Waals surface area contributed by atoms with Gasteiger partial charge in [-0.25, -0.2) is 14.6 Å². The summed E-state index contributed by atoms with van der Waals surface area (Å²) in [4.78, 5) is 14.3. The largest absolute Gasteiger partial charge is 0.356 e. The Morgan fingerprint density at radius 1 is 1.04 bits per heavy atom. The molecule has 0 N–H and O–H groups in total. The fourth-order valence-corrected chi connectivity index (χ4v) is 4.21. The van der Waals surface area contributed by atoms with Crippen LogP contribution in [0.3, 0.4) is 0 Å². The minimum absolute atomic E-state index is 0.406. The van der Waals surface area contributed by atoms with Gasteiger partial charge in [0, 0.05) is 32.7 Å². The van der Waals surface area contributed by atoms with Crippen molar-refractivity contribution in [1.29, 1.82) is 0 Å². The molecule has 0 spiro atoms. The van der Waals surface area contributed by atoms with Gasteiger partial charge in [-0.2, -0.15) is 5.10 Å². The van der Waals surface area contributed by atoms with Crippen molar-refractivity contribution in [3.8, 4) is 0 Å². The van der Waals surface area contributed by atoms with E-state index in [1.165, 1.54) is 5.56 Å². The molecule has 1 aliphatic rings. The first-order valence-electron chi connectivity index (χ1n) is 10.4. The summed E-state index contributed by atoms with van der Waals surface area (Å²) < 4.78 is 2.15. The Balaban J connectivity index is 1.52. The zero-order chi connectivity index (χ0) is 19.5. The fraction of sp³-hybridized carbons (Fsp3) is 0.500. The van der Waals surface area contributed by atoms with Gasteiger partial charge in [-0.1, -0.05) is 30.3 Å². The highest BCUT2D eigenvalue weighted by atomic mass is 15.3. The summed E-state index contributed by atoms with van der Waals surface area (Å²) in [6, 6.07) is 11.1. The Bertz CT molecular complexity index is 907. The van der Waals surface area contributed by atoms with E-state index < -0.39 is 0 Å². The molecule has 0 saturated carbocycles. The van der Waals surface area contributed by atoms with E-state index in [-0.39, 0.29) is 0 Å². The molecule has 6 nitrogen and oxygen atoms in total. The number of hydrogen-bond donors (Lipinski definition) is 0. The van der Waals surface area contributed by atoms with E-state index in [0.29, 0.717) is 6.04 Å². The molecule has 1 saturated heterocycles. The lowest BCUT2D eigenvalue weighted by Crippen LogP contribution is -2.34. The Morgan fingerprint density at radius 3 is 2.43 bits per heavy atom. The first kappa shape index (κ1) is 18.9. The van der Waals surface area contributed by atoms with Crippen molar-refractivity contribution in [2.75, 3.05) is 31.1 Å². The molecule has 0 aliphatic carbocycles. The van der Waals surface area contributed by atoms with Crippen LogP contribution in [0.2, 0.25) is 0 Å². The Hall–Kier alpha value is -2.47. The molecule has 0 unspecified atom stereocenters. The molecule has 0 amide bonds. The number of fused-ring (bicyclic) bond motifs is 1. The van der Waals surface area contributed by atoms with E-state index in [1.807, 2.05) is 13.1 Å². The third-order valence-electron chi connectivity index (χ3n) is 5.76. The molecule has 2 aromatic heterocycles. The van der Waals surface area contributed by atoms with Crippen molar-refractivity contribution in [3.05, 3.63) is 47.9 Å². The topological polar surface area (TPSA) is 50.1 Å². The molecule has 1 fully saturated rings. The van der Waals surface area contributed by atoms with Gasteiger partial charge in [-0.3, -0.25) is 4.90 Å². The minimum Gasteiger partial charge on any atom is -0.356 e. The zero-order valence-corrected chi connectivity index (χ0v) is 17.2. The summed E-state index contributed by atoms with van der Waals surface area (Å²) in [6.07, 6.45) is 4.17. The van der Waals surface area contributed by atoms with E-state index >= 15 is 0 Å². The van der Waals surface area contributed by atoms with Crippen LogP contribution in [0.15, 0.2) is 36.5 Å². The highest BCUT2D eigenvalue weighted by molar-refractivity contribution is 5.87. The average Bonchev–Trinajstić information content (AvgIpc) is 3.14. The predicted octanol–water partition coefficient (Wildman–Crippen LogP) is 3.82. The van der Waals surface area contributed by atoms with Crippen molar-refractivity contribution in [2.45, 2.75) is 46.2 Å². The lowest BCUT2D eigenvalue weighted by Gasteiger charge is -2.32. The fourth-order valence-electron chi connectivity index (χ4n) is 4.21. The van der Waals surface area contributed by atoms with Crippen LogP contribution in [0.4, 0.5) is 5.82 Å². The quantitative estimate of drug-likeness (QED) is 0.653. The first-order valence-corrected chi connectivity index (χ1v) is 10.4. The number of likely N-dealkylation sites (tertiary alicyclic amines) is 1. The average molecular weight is 379 g/mol. The second kappa shape index (κ2) is 8.27. The molecule has 1 aromatic carbocycles. The Labute approximate surface area is 167 Å². The van der Waals surface area contributed by atoms with Crippen LogP contribution in [-0.2, 0) is 6.54 Å². The summed E-state index contributed by atoms with van der Waals surface area (Å²) in [5, 5.41) is 5.82. The van der Waals surface area contributed by atoms with Gasteiger partial charge in [-0.05, 0) is 39.2 Å². The van der Waals surface area contributed by atoms with Gasteiger partial charge in [0.25, 0.3) is 0 Å². The molecule has 3 aromatic rings. The number of benzene rings is 1. The molecule has 1 aliphatic heterocycles. The standard InChI is InChI=1S/C22H30N6/c1-4-27(5-2)21-20-15-23-28(22(20)25-17(3)24-21)19-11-13-26(14-12-19)16-18-9-7-6-8-10-18/h6-10,15,19H,4-5,11-14,16H2,1-3H3. The first-order chi connectivity index (χ1) is 13.7. The monoisotopic (exact) mass is 378 g/mol. The number of aryl methyl sites for hydroxylation is 1. The maximum absolute atomic E-state index is 4.76. The lowest BCUT2D eigenvalue weighted by molar-refractivity contribution is 0.175. The summed E-state index contributed by atoms with van der Waals surface area (Å²) in [6.45, 7) is 11.4. The second-order valence-corrected chi connectivity index (χ2v) is 7.59. The SMILES string of the molecule is CCN(CC)c1nc(C)nc2c1cnn2C1CCN(Cc2ccccc2)CC1. The molecule has 0 atom stereocenters. The molecular formula is C22H30N6. The molecule has 148 valence electrons. The second-order valence-electron chi connectivity index (χ2n) is 7.59. The smallest absolute Gasteiger partial charge is 0.163 e. The number of anilines is 1. The zero-order valence-electron chi connectivity index (χ0n) is 17.2. The highest BCUT2D eigenvalue weighted by Gasteiger charge is 2.24. The van der Waals surface area contributed by atoms with Gasteiger partial charge in [0.1, 0.15) is 11.6 Å². The molecule has 6 heteroatoms. The summed E-state index contributed by atoms with van der Waals surface area (Å²) in [5.74, 6) is 1.83. The van der Waals surface area contributed by atoms with Crippen molar-refractivity contribution in [3.63, 3.8) is 0 Å². The maximum Gasteiger partial charge on any atom is 0.163 e. The summed E-state index contributed by atoms with van der Waals surface area (Å²) in [7, 11) is 0. The molecule has 28 heavy (non-hydrogen) atoms. The van der Waals surface area contributed by atoms with Crippen LogP contribution in [0.5, 0.6) is 0 Å². The summed E-state index contributed by atoms with van der Waals surface area (Å²) >= 11 is 0. The van der Waals surface area contributed by atoms with Crippen molar-refractivity contribution >= 4 is 16.9 Å². The Morgan fingerprint density at radius 2 is 1.75 bits per heavy atom. The molecule has 0 radical (unpaired) electrons. The van der Waals surface area contributed by atoms with E-state index in [2.05, 4.69) is 58.7 Å². The van der Waals surface area contributed by atoms with Gasteiger partial charge >= 0.3 is 0 Å². The van der Waals surface area contributed by atoms with Crippen molar-refractivity contribution in [2.24, 2.45) is 0 Å². The van der Waals surface area contributed by atoms with Gasteiger partial charge in [0.05, 0.1) is 17.6 Å². The maximum atomic E-state index is 4.76.